The average Bonchev–Trinajstić information content (AvgIpc) is 2.80. The third-order valence-corrected chi connectivity index (χ3v) is 4.21. The second-order valence-corrected chi connectivity index (χ2v) is 6.69. The molecule has 0 radical (unpaired) electrons. The van der Waals surface area contributed by atoms with E-state index in [4.69, 9.17) is 21.3 Å². The van der Waals surface area contributed by atoms with Crippen LogP contribution in [0, 0.1) is 0 Å². The first-order chi connectivity index (χ1) is 9.55. The maximum absolute atomic E-state index is 5.99. The zero-order chi connectivity index (χ0) is 14.2. The number of ether oxygens (including phenoxy) is 1. The van der Waals surface area contributed by atoms with Gasteiger partial charge < -0.3 is 9.64 Å². The number of hydrogen-bond donors (Lipinski definition) is 0. The Kier molecular flexibility index (Phi) is 3.63. The minimum atomic E-state index is -0.0999. The summed E-state index contributed by atoms with van der Waals surface area (Å²) in [4.78, 5) is 7.05. The number of aliphatic imine (C=N–C) groups is 1. The number of amidine groups is 1. The maximum atomic E-state index is 5.99. The number of piperidine rings is 1. The van der Waals surface area contributed by atoms with Crippen molar-refractivity contribution in [3.63, 3.8) is 0 Å². The van der Waals surface area contributed by atoms with E-state index in [1.165, 1.54) is 18.4 Å². The van der Waals surface area contributed by atoms with Crippen molar-refractivity contribution >= 4 is 17.6 Å². The van der Waals surface area contributed by atoms with Crippen molar-refractivity contribution in [2.24, 2.45) is 4.99 Å². The lowest BCUT2D eigenvalue weighted by Gasteiger charge is -2.36. The van der Waals surface area contributed by atoms with E-state index >= 15 is 0 Å². The first-order valence-electron chi connectivity index (χ1n) is 7.30. The fourth-order valence-corrected chi connectivity index (χ4v) is 3.03. The van der Waals surface area contributed by atoms with Crippen LogP contribution in [0.25, 0.3) is 0 Å². The third-order valence-electron chi connectivity index (χ3n) is 3.96. The number of hydrogen-bond acceptors (Lipinski definition) is 3. The Morgan fingerprint density at radius 3 is 2.65 bits per heavy atom. The molecule has 2 aliphatic heterocycles. The molecule has 3 rings (SSSR count). The number of rotatable bonds is 1. The molecule has 0 saturated carbocycles. The van der Waals surface area contributed by atoms with E-state index in [2.05, 4.69) is 30.9 Å². The predicted molar refractivity (Wildman–Crippen MR) is 82.2 cm³/mol. The fraction of sp³-hybridized carbons (Fsp3) is 0.562. The minimum Gasteiger partial charge on any atom is -0.463 e. The predicted octanol–water partition coefficient (Wildman–Crippen LogP) is 4.03. The van der Waals surface area contributed by atoms with Crippen molar-refractivity contribution in [2.45, 2.75) is 44.7 Å². The summed E-state index contributed by atoms with van der Waals surface area (Å²) >= 11 is 5.99. The second-order valence-electron chi connectivity index (χ2n) is 6.25. The standard InChI is InChI=1S/C16H21ClN2O/c1-16(2)11-20-15(18-16)19-10-4-3-5-14(19)12-6-8-13(17)9-7-12/h6-9,14H,3-5,10-11H2,1-2H3. The topological polar surface area (TPSA) is 24.8 Å². The Bertz CT molecular complexity index is 510. The van der Waals surface area contributed by atoms with Gasteiger partial charge in [-0.05, 0) is 50.8 Å². The van der Waals surface area contributed by atoms with Crippen LogP contribution in [0.2, 0.25) is 5.02 Å². The van der Waals surface area contributed by atoms with Crippen LogP contribution in [0.5, 0.6) is 0 Å². The summed E-state index contributed by atoms with van der Waals surface area (Å²) in [5.41, 5.74) is 1.20. The number of halogens is 1. The molecule has 0 amide bonds. The van der Waals surface area contributed by atoms with Crippen molar-refractivity contribution in [3.8, 4) is 0 Å². The molecule has 0 aliphatic carbocycles. The van der Waals surface area contributed by atoms with Crippen molar-refractivity contribution in [2.75, 3.05) is 13.2 Å². The van der Waals surface area contributed by atoms with Gasteiger partial charge in [0, 0.05) is 11.6 Å². The van der Waals surface area contributed by atoms with Gasteiger partial charge in [0.05, 0.1) is 11.6 Å². The highest BCUT2D eigenvalue weighted by Crippen LogP contribution is 2.34. The molecule has 1 saturated heterocycles. The van der Waals surface area contributed by atoms with Gasteiger partial charge in [0.25, 0.3) is 6.02 Å². The Morgan fingerprint density at radius 1 is 1.25 bits per heavy atom. The summed E-state index contributed by atoms with van der Waals surface area (Å²) in [6, 6.07) is 9.33. The number of benzene rings is 1. The zero-order valence-corrected chi connectivity index (χ0v) is 12.9. The van der Waals surface area contributed by atoms with Gasteiger partial charge in [0.1, 0.15) is 6.61 Å². The molecule has 0 spiro atoms. The van der Waals surface area contributed by atoms with Gasteiger partial charge >= 0.3 is 0 Å². The quantitative estimate of drug-likeness (QED) is 0.780. The lowest BCUT2D eigenvalue weighted by molar-refractivity contribution is 0.175. The number of likely N-dealkylation sites (tertiary alicyclic amines) is 1. The van der Waals surface area contributed by atoms with Crippen LogP contribution < -0.4 is 0 Å². The highest BCUT2D eigenvalue weighted by molar-refractivity contribution is 6.30. The monoisotopic (exact) mass is 292 g/mol. The Labute approximate surface area is 125 Å². The van der Waals surface area contributed by atoms with Gasteiger partial charge in [0.2, 0.25) is 0 Å². The molecule has 1 unspecified atom stereocenters. The van der Waals surface area contributed by atoms with E-state index in [1.807, 2.05) is 12.1 Å². The molecule has 4 heteroatoms. The van der Waals surface area contributed by atoms with Gasteiger partial charge in [-0.3, -0.25) is 0 Å². The van der Waals surface area contributed by atoms with E-state index in [0.29, 0.717) is 12.6 Å². The average molecular weight is 293 g/mol. The summed E-state index contributed by atoms with van der Waals surface area (Å²) < 4.78 is 5.83. The van der Waals surface area contributed by atoms with E-state index in [0.717, 1.165) is 24.0 Å². The van der Waals surface area contributed by atoms with Gasteiger partial charge in [-0.2, -0.15) is 0 Å². The van der Waals surface area contributed by atoms with Crippen LogP contribution in [0.3, 0.4) is 0 Å². The van der Waals surface area contributed by atoms with Gasteiger partial charge in [0.15, 0.2) is 0 Å². The molecular formula is C16H21ClN2O. The molecule has 108 valence electrons. The SMILES string of the molecule is CC1(C)COC(N2CCCCC2c2ccc(Cl)cc2)=N1. The van der Waals surface area contributed by atoms with Gasteiger partial charge in [-0.1, -0.05) is 23.7 Å². The van der Waals surface area contributed by atoms with Crippen LogP contribution in [0.1, 0.15) is 44.7 Å². The Hall–Kier alpha value is -1.22. The Balaban J connectivity index is 1.86. The molecule has 1 atom stereocenters. The van der Waals surface area contributed by atoms with Crippen LogP contribution in [-0.2, 0) is 4.74 Å². The summed E-state index contributed by atoms with van der Waals surface area (Å²) in [6.07, 6.45) is 3.60. The molecule has 0 N–H and O–H groups in total. The van der Waals surface area contributed by atoms with E-state index in [9.17, 15) is 0 Å². The zero-order valence-electron chi connectivity index (χ0n) is 12.1. The third kappa shape index (κ3) is 2.78. The molecular weight excluding hydrogens is 272 g/mol. The summed E-state index contributed by atoms with van der Waals surface area (Å²) in [7, 11) is 0. The summed E-state index contributed by atoms with van der Waals surface area (Å²) in [5.74, 6) is 0. The first kappa shape index (κ1) is 13.7. The Morgan fingerprint density at radius 2 is 2.00 bits per heavy atom. The normalized spacial score (nSPS) is 25.2. The van der Waals surface area contributed by atoms with E-state index in [1.54, 1.807) is 0 Å². The molecule has 2 heterocycles. The van der Waals surface area contributed by atoms with E-state index in [-0.39, 0.29) is 5.54 Å². The summed E-state index contributed by atoms with van der Waals surface area (Å²) in [6.45, 7) is 5.91. The van der Waals surface area contributed by atoms with Gasteiger partial charge in [-0.15, -0.1) is 0 Å². The lowest BCUT2D eigenvalue weighted by Crippen LogP contribution is -2.38. The molecule has 0 bridgehead atoms. The second kappa shape index (κ2) is 5.28. The van der Waals surface area contributed by atoms with Crippen LogP contribution in [0.15, 0.2) is 29.3 Å². The largest absolute Gasteiger partial charge is 0.463 e. The van der Waals surface area contributed by atoms with E-state index < -0.39 is 0 Å². The summed E-state index contributed by atoms with van der Waals surface area (Å²) in [5, 5.41) is 0.784. The van der Waals surface area contributed by atoms with Crippen LogP contribution in [-0.4, -0.2) is 29.6 Å². The van der Waals surface area contributed by atoms with Crippen LogP contribution in [0.4, 0.5) is 0 Å². The molecule has 2 aliphatic rings. The maximum Gasteiger partial charge on any atom is 0.288 e. The fourth-order valence-electron chi connectivity index (χ4n) is 2.90. The van der Waals surface area contributed by atoms with Crippen molar-refractivity contribution in [1.29, 1.82) is 0 Å². The lowest BCUT2D eigenvalue weighted by atomic mass is 9.96. The smallest absolute Gasteiger partial charge is 0.288 e. The molecule has 0 aromatic heterocycles. The number of nitrogens with zero attached hydrogens (tertiary/aromatic N) is 2. The van der Waals surface area contributed by atoms with Gasteiger partial charge in [-0.25, -0.2) is 4.99 Å². The first-order valence-corrected chi connectivity index (χ1v) is 7.68. The highest BCUT2D eigenvalue weighted by atomic mass is 35.5. The molecule has 20 heavy (non-hydrogen) atoms. The van der Waals surface area contributed by atoms with Crippen molar-refractivity contribution < 1.29 is 4.74 Å². The van der Waals surface area contributed by atoms with Crippen LogP contribution >= 0.6 is 11.6 Å². The highest BCUT2D eigenvalue weighted by Gasteiger charge is 2.34. The minimum absolute atomic E-state index is 0.0999. The van der Waals surface area contributed by atoms with Crippen molar-refractivity contribution in [3.05, 3.63) is 34.9 Å². The molecule has 1 aromatic carbocycles. The molecule has 1 aromatic rings. The molecule has 3 nitrogen and oxygen atoms in total. The van der Waals surface area contributed by atoms with Crippen molar-refractivity contribution in [1.82, 2.24) is 4.90 Å². The molecule has 1 fully saturated rings.